The molecule has 0 aromatic heterocycles. The molecule has 0 bridgehead atoms. The van der Waals surface area contributed by atoms with Gasteiger partial charge in [-0.15, -0.1) is 0 Å². The van der Waals surface area contributed by atoms with Crippen LogP contribution in [-0.4, -0.2) is 26.2 Å². The van der Waals surface area contributed by atoms with Crippen LogP contribution in [0.1, 0.15) is 76.4 Å². The van der Waals surface area contributed by atoms with Crippen molar-refractivity contribution >= 4 is 11.9 Å². The van der Waals surface area contributed by atoms with E-state index < -0.39 is 0 Å². The fraction of sp³-hybridized carbons (Fsp3) is 0.240. The second kappa shape index (κ2) is 14.9. The Labute approximate surface area is 320 Å². The number of esters is 2. The minimum atomic E-state index is -0.322. The molecule has 0 unspecified atom stereocenters. The van der Waals surface area contributed by atoms with Gasteiger partial charge >= 0.3 is 11.9 Å². The molecule has 0 saturated heterocycles. The monoisotopic (exact) mass is 714 g/mol. The topological polar surface area (TPSA) is 52.6 Å². The summed E-state index contributed by atoms with van der Waals surface area (Å²) in [6, 6.07) is 30.1. The molecule has 0 spiro atoms. The van der Waals surface area contributed by atoms with Crippen molar-refractivity contribution in [3.63, 3.8) is 0 Å². The van der Waals surface area contributed by atoms with E-state index in [1.54, 1.807) is 0 Å². The fourth-order valence-electron chi connectivity index (χ4n) is 8.01. The van der Waals surface area contributed by atoms with E-state index in [-0.39, 0.29) is 11.9 Å². The van der Waals surface area contributed by atoms with E-state index in [1.165, 1.54) is 103 Å². The molecule has 0 heterocycles. The van der Waals surface area contributed by atoms with Crippen LogP contribution < -0.4 is 0 Å². The quantitative estimate of drug-likeness (QED) is 0.155. The van der Waals surface area contributed by atoms with Crippen molar-refractivity contribution < 1.29 is 19.1 Å². The van der Waals surface area contributed by atoms with Gasteiger partial charge in [0.25, 0.3) is 0 Å². The molecule has 0 aliphatic heterocycles. The molecule has 0 atom stereocenters. The highest BCUT2D eigenvalue weighted by Crippen LogP contribution is 2.41. The van der Waals surface area contributed by atoms with Crippen LogP contribution in [0.25, 0.3) is 55.6 Å². The molecule has 6 aromatic carbocycles. The summed E-state index contributed by atoms with van der Waals surface area (Å²) in [5, 5.41) is 0. The molecule has 0 aliphatic carbocycles. The first-order valence-corrected chi connectivity index (χ1v) is 18.5. The second-order valence-corrected chi connectivity index (χ2v) is 15.0. The number of rotatable bonds is 7. The predicted octanol–water partition coefficient (Wildman–Crippen LogP) is 12.7. The number of ether oxygens (including phenoxy) is 2. The third-order valence-electron chi connectivity index (χ3n) is 11.0. The maximum atomic E-state index is 12.1. The lowest BCUT2D eigenvalue weighted by molar-refractivity contribution is 0.0592. The van der Waals surface area contributed by atoms with Crippen LogP contribution in [0.4, 0.5) is 0 Å². The molecule has 6 aromatic rings. The first kappa shape index (κ1) is 38.0. The Hall–Kier alpha value is -5.74. The van der Waals surface area contributed by atoms with Crippen molar-refractivity contribution in [1.82, 2.24) is 0 Å². The number of carbonyl (C=O) groups excluding carboxylic acids is 2. The summed E-state index contributed by atoms with van der Waals surface area (Å²) < 4.78 is 9.85. The third-order valence-corrected chi connectivity index (χ3v) is 11.0. The highest BCUT2D eigenvalue weighted by molar-refractivity contribution is 5.92. The SMILES string of the molecule is COC(=O)c1ccc(-c2cc(C)c(-c3cc(C)c(-c4cc(C)c(-c5cc(C)c(-c6ccc(C(=O)OC)cc6C)cc5C)cc4C)cc3C)cc2C)c(C)c1. The van der Waals surface area contributed by atoms with Crippen LogP contribution in [0.2, 0.25) is 0 Å². The van der Waals surface area contributed by atoms with Crippen molar-refractivity contribution in [3.8, 4) is 55.6 Å². The van der Waals surface area contributed by atoms with Crippen LogP contribution in [0.15, 0.2) is 84.9 Å². The van der Waals surface area contributed by atoms with Crippen molar-refractivity contribution in [2.75, 3.05) is 14.2 Å². The fourth-order valence-corrected chi connectivity index (χ4v) is 8.01. The van der Waals surface area contributed by atoms with E-state index in [4.69, 9.17) is 9.47 Å². The normalized spacial score (nSPS) is 11.1. The summed E-state index contributed by atoms with van der Waals surface area (Å²) >= 11 is 0. The molecule has 0 amide bonds. The van der Waals surface area contributed by atoms with E-state index in [1.807, 2.05) is 50.2 Å². The lowest BCUT2D eigenvalue weighted by atomic mass is 9.84. The average molecular weight is 715 g/mol. The van der Waals surface area contributed by atoms with Gasteiger partial charge in [-0.05, 0) is 205 Å². The zero-order chi connectivity index (χ0) is 39.2. The van der Waals surface area contributed by atoms with Crippen LogP contribution in [0, 0.1) is 69.2 Å². The zero-order valence-corrected chi connectivity index (χ0v) is 33.7. The van der Waals surface area contributed by atoms with E-state index in [0.29, 0.717) is 11.1 Å². The van der Waals surface area contributed by atoms with Crippen molar-refractivity contribution in [2.45, 2.75) is 69.2 Å². The molecule has 274 valence electrons. The number of methoxy groups -OCH3 is 2. The molecule has 0 saturated carbocycles. The van der Waals surface area contributed by atoms with Crippen LogP contribution >= 0.6 is 0 Å². The number of carbonyl (C=O) groups is 2. The first-order chi connectivity index (χ1) is 25.6. The van der Waals surface area contributed by atoms with Crippen molar-refractivity contribution in [3.05, 3.63) is 152 Å². The van der Waals surface area contributed by atoms with Gasteiger partial charge < -0.3 is 9.47 Å². The molecule has 0 N–H and O–H groups in total. The number of benzene rings is 6. The highest BCUT2D eigenvalue weighted by atomic mass is 16.5. The van der Waals surface area contributed by atoms with Crippen molar-refractivity contribution in [1.29, 1.82) is 0 Å². The molecular formula is C50H50O4. The predicted molar refractivity (Wildman–Crippen MR) is 224 cm³/mol. The number of hydrogen-bond donors (Lipinski definition) is 0. The molecule has 4 heteroatoms. The van der Waals surface area contributed by atoms with Crippen molar-refractivity contribution in [2.24, 2.45) is 0 Å². The Morgan fingerprint density at radius 1 is 0.296 bits per heavy atom. The van der Waals surface area contributed by atoms with E-state index in [9.17, 15) is 9.59 Å². The molecule has 0 aliphatic rings. The van der Waals surface area contributed by atoms with Crippen LogP contribution in [0.5, 0.6) is 0 Å². The van der Waals surface area contributed by atoms with E-state index in [0.717, 1.165) is 22.3 Å². The van der Waals surface area contributed by atoms with Gasteiger partial charge in [0.1, 0.15) is 0 Å². The van der Waals surface area contributed by atoms with Gasteiger partial charge in [0, 0.05) is 0 Å². The highest BCUT2D eigenvalue weighted by Gasteiger charge is 2.19. The Morgan fingerprint density at radius 3 is 0.667 bits per heavy atom. The van der Waals surface area contributed by atoms with Gasteiger partial charge in [0.2, 0.25) is 0 Å². The molecular weight excluding hydrogens is 665 g/mol. The van der Waals surface area contributed by atoms with Gasteiger partial charge in [0.15, 0.2) is 0 Å². The summed E-state index contributed by atoms with van der Waals surface area (Å²) in [4.78, 5) is 24.2. The number of aryl methyl sites for hydroxylation is 10. The standard InChI is InChI=1S/C50H50O4/c1-27-17-37(49(51)53-11)13-15-39(27)41-19-31(5)43(21-29(41)3)45-23-35(9)47(25-33(45)7)48-26-34(8)46(24-36(48)10)44-22-30(4)42(20-32(44)6)40-16-14-38(18-28(40)2)50(52)54-12/h13-26H,1-12H3. The third kappa shape index (κ3) is 7.01. The van der Waals surface area contributed by atoms with E-state index in [2.05, 4.69) is 104 Å². The van der Waals surface area contributed by atoms with Gasteiger partial charge in [-0.25, -0.2) is 9.59 Å². The summed E-state index contributed by atoms with van der Waals surface area (Å²) in [6.07, 6.45) is 0. The Morgan fingerprint density at radius 2 is 0.481 bits per heavy atom. The van der Waals surface area contributed by atoms with Crippen LogP contribution in [0.3, 0.4) is 0 Å². The Bertz CT molecular complexity index is 2320. The zero-order valence-electron chi connectivity index (χ0n) is 33.7. The Kier molecular flexibility index (Phi) is 10.5. The second-order valence-electron chi connectivity index (χ2n) is 15.0. The van der Waals surface area contributed by atoms with Gasteiger partial charge in [-0.1, -0.05) is 60.7 Å². The molecule has 6 rings (SSSR count). The molecule has 4 nitrogen and oxygen atoms in total. The summed E-state index contributed by atoms with van der Waals surface area (Å²) in [5.74, 6) is -0.644. The van der Waals surface area contributed by atoms with Gasteiger partial charge in [0.05, 0.1) is 25.3 Å². The minimum Gasteiger partial charge on any atom is -0.465 e. The Balaban J connectivity index is 1.33. The lowest BCUT2D eigenvalue weighted by Crippen LogP contribution is -2.02. The first-order valence-electron chi connectivity index (χ1n) is 18.5. The van der Waals surface area contributed by atoms with Gasteiger partial charge in [-0.2, -0.15) is 0 Å². The minimum absolute atomic E-state index is 0.322. The summed E-state index contributed by atoms with van der Waals surface area (Å²) in [5.41, 5.74) is 25.0. The largest absolute Gasteiger partial charge is 0.465 e. The molecule has 54 heavy (non-hydrogen) atoms. The summed E-state index contributed by atoms with van der Waals surface area (Å²) in [6.45, 7) is 21.6. The average Bonchev–Trinajstić information content (AvgIpc) is 3.14. The smallest absolute Gasteiger partial charge is 0.337 e. The van der Waals surface area contributed by atoms with E-state index >= 15 is 0 Å². The maximum Gasteiger partial charge on any atom is 0.337 e. The lowest BCUT2D eigenvalue weighted by Gasteiger charge is -2.20. The van der Waals surface area contributed by atoms with Crippen LogP contribution in [-0.2, 0) is 9.47 Å². The summed E-state index contributed by atoms with van der Waals surface area (Å²) in [7, 11) is 2.82. The maximum absolute atomic E-state index is 12.1. The molecule has 0 radical (unpaired) electrons. The van der Waals surface area contributed by atoms with Gasteiger partial charge in [-0.3, -0.25) is 0 Å². The number of hydrogen-bond acceptors (Lipinski definition) is 4. The molecule has 0 fully saturated rings.